The molecule has 0 atom stereocenters. The third-order valence-corrected chi connectivity index (χ3v) is 8.74. The molecule has 166 valence electrons. The molecule has 30 heavy (non-hydrogen) atoms. The minimum absolute atomic E-state index is 0.167. The van der Waals surface area contributed by atoms with Gasteiger partial charge in [-0.3, -0.25) is 4.72 Å². The van der Waals surface area contributed by atoms with E-state index >= 15 is 0 Å². The van der Waals surface area contributed by atoms with Crippen LogP contribution in [0.3, 0.4) is 0 Å². The maximum Gasteiger partial charge on any atom is 0.511 e. The minimum Gasteiger partial charge on any atom is -0.283 e. The van der Waals surface area contributed by atoms with E-state index < -0.39 is 37.3 Å². The maximum atomic E-state index is 12.5. The summed E-state index contributed by atoms with van der Waals surface area (Å²) in [4.78, 5) is 4.54. The molecule has 0 radical (unpaired) electrons. The summed E-state index contributed by atoms with van der Waals surface area (Å²) in [6, 6.07) is 6.52. The number of benzene rings is 1. The normalized spacial score (nSPS) is 16.5. The Morgan fingerprint density at radius 2 is 1.67 bits per heavy atom. The molecule has 1 aromatic carbocycles. The Morgan fingerprint density at radius 3 is 2.27 bits per heavy atom. The molecule has 1 saturated carbocycles. The van der Waals surface area contributed by atoms with Crippen LogP contribution in [0.4, 0.5) is 18.9 Å². The van der Waals surface area contributed by atoms with Crippen LogP contribution in [-0.4, -0.2) is 32.6 Å². The Balaban J connectivity index is 1.64. The van der Waals surface area contributed by atoms with Gasteiger partial charge in [0.1, 0.15) is 5.01 Å². The minimum atomic E-state index is -5.43. The highest BCUT2D eigenvalue weighted by Gasteiger charge is 2.45. The van der Waals surface area contributed by atoms with Crippen molar-refractivity contribution in [2.45, 2.75) is 49.4 Å². The number of aromatic nitrogens is 1. The molecular weight excluding hydrogens is 463 g/mol. The fourth-order valence-electron chi connectivity index (χ4n) is 3.09. The van der Waals surface area contributed by atoms with Gasteiger partial charge in [0.05, 0.1) is 16.7 Å². The molecule has 1 aliphatic rings. The molecular formula is C17H20F3N3O4S3. The predicted octanol–water partition coefficient (Wildman–Crippen LogP) is 3.82. The van der Waals surface area contributed by atoms with Crippen LogP contribution in [0.25, 0.3) is 10.4 Å². The first-order chi connectivity index (χ1) is 14.0. The predicted molar refractivity (Wildman–Crippen MR) is 109 cm³/mol. The highest BCUT2D eigenvalue weighted by atomic mass is 32.2. The molecule has 7 nitrogen and oxygen atoms in total. The lowest BCUT2D eigenvalue weighted by atomic mass is 10.0. The lowest BCUT2D eigenvalue weighted by molar-refractivity contribution is -0.0448. The smallest absolute Gasteiger partial charge is 0.283 e. The fourth-order valence-corrected chi connectivity index (χ4v) is 6.12. The molecule has 0 bridgehead atoms. The quantitative estimate of drug-likeness (QED) is 0.623. The van der Waals surface area contributed by atoms with E-state index in [9.17, 15) is 30.0 Å². The van der Waals surface area contributed by atoms with Crippen molar-refractivity contribution in [1.29, 1.82) is 0 Å². The number of hydrogen-bond donors (Lipinski definition) is 2. The maximum absolute atomic E-state index is 12.5. The zero-order valence-corrected chi connectivity index (χ0v) is 18.1. The monoisotopic (exact) mass is 483 g/mol. The Hall–Kier alpha value is -1.70. The van der Waals surface area contributed by atoms with Crippen molar-refractivity contribution in [3.8, 4) is 10.4 Å². The van der Waals surface area contributed by atoms with E-state index in [-0.39, 0.29) is 5.01 Å². The second-order valence-electron chi connectivity index (χ2n) is 6.87. The summed E-state index contributed by atoms with van der Waals surface area (Å²) >= 11 is 1.03. The van der Waals surface area contributed by atoms with Gasteiger partial charge in [-0.15, -0.1) is 11.3 Å². The van der Waals surface area contributed by atoms with Crippen molar-refractivity contribution in [3.05, 3.63) is 35.5 Å². The third kappa shape index (κ3) is 5.50. The topological polar surface area (TPSA) is 105 Å². The first-order valence-electron chi connectivity index (χ1n) is 9.11. The first-order valence-corrected chi connectivity index (χ1v) is 13.0. The van der Waals surface area contributed by atoms with E-state index in [1.54, 1.807) is 24.3 Å². The van der Waals surface area contributed by atoms with Gasteiger partial charge in [-0.25, -0.2) is 26.5 Å². The van der Waals surface area contributed by atoms with Gasteiger partial charge in [-0.2, -0.15) is 13.2 Å². The van der Waals surface area contributed by atoms with Crippen LogP contribution >= 0.6 is 11.3 Å². The number of sulfonamides is 2. The molecule has 0 aliphatic heterocycles. The lowest BCUT2D eigenvalue weighted by Gasteiger charge is -2.22. The zero-order chi connectivity index (χ0) is 22.0. The van der Waals surface area contributed by atoms with E-state index in [4.69, 9.17) is 0 Å². The average molecular weight is 484 g/mol. The highest BCUT2D eigenvalue weighted by Crippen LogP contribution is 2.29. The number of rotatable bonds is 7. The van der Waals surface area contributed by atoms with Crippen molar-refractivity contribution in [2.24, 2.45) is 0 Å². The number of nitrogens with zero attached hydrogens (tertiary/aromatic N) is 1. The second kappa shape index (κ2) is 8.81. The summed E-state index contributed by atoms with van der Waals surface area (Å²) in [5.74, 6) is 0. The second-order valence-corrected chi connectivity index (χ2v) is 11.7. The van der Waals surface area contributed by atoms with Crippen LogP contribution in [0.5, 0.6) is 0 Å². The van der Waals surface area contributed by atoms with E-state index in [1.165, 1.54) is 10.9 Å². The van der Waals surface area contributed by atoms with E-state index in [2.05, 4.69) is 9.71 Å². The molecule has 0 spiro atoms. The van der Waals surface area contributed by atoms with Crippen molar-refractivity contribution in [2.75, 3.05) is 4.72 Å². The van der Waals surface area contributed by atoms with Gasteiger partial charge in [-0.1, -0.05) is 31.4 Å². The average Bonchev–Trinajstić information content (AvgIpc) is 3.16. The fraction of sp³-hybridized carbons (Fsp3) is 0.471. The van der Waals surface area contributed by atoms with Crippen molar-refractivity contribution in [3.63, 3.8) is 0 Å². The molecule has 1 aliphatic carbocycles. The van der Waals surface area contributed by atoms with Crippen molar-refractivity contribution < 1.29 is 30.0 Å². The van der Waals surface area contributed by atoms with Gasteiger partial charge in [0.25, 0.3) is 0 Å². The number of nitrogens with one attached hydrogen (secondary N) is 2. The number of thiazole rings is 1. The first kappa shape index (κ1) is 23.0. The zero-order valence-electron chi connectivity index (χ0n) is 15.6. The Kier molecular flexibility index (Phi) is 6.75. The summed E-state index contributed by atoms with van der Waals surface area (Å²) in [7, 11) is -8.89. The highest BCUT2D eigenvalue weighted by molar-refractivity contribution is 7.93. The third-order valence-electron chi connectivity index (χ3n) is 4.69. The molecule has 1 aromatic heterocycles. The molecule has 2 aromatic rings. The van der Waals surface area contributed by atoms with E-state index in [0.29, 0.717) is 29.0 Å². The summed E-state index contributed by atoms with van der Waals surface area (Å²) in [5, 5.41) is -0.227. The van der Waals surface area contributed by atoms with Gasteiger partial charge in [0.15, 0.2) is 0 Å². The van der Waals surface area contributed by atoms with Gasteiger partial charge in [0.2, 0.25) is 10.0 Å². The Morgan fingerprint density at radius 1 is 1.03 bits per heavy atom. The summed E-state index contributed by atoms with van der Waals surface area (Å²) in [6.45, 7) is -0.578. The van der Waals surface area contributed by atoms with Crippen LogP contribution in [-0.2, 0) is 26.6 Å². The van der Waals surface area contributed by atoms with Crippen molar-refractivity contribution >= 4 is 37.1 Å². The van der Waals surface area contributed by atoms with Crippen LogP contribution < -0.4 is 9.44 Å². The largest absolute Gasteiger partial charge is 0.511 e. The number of hydrogen-bond acceptors (Lipinski definition) is 6. The number of halogens is 3. The molecule has 3 rings (SSSR count). The number of alkyl halides is 3. The van der Waals surface area contributed by atoms with Crippen LogP contribution in [0, 0.1) is 0 Å². The molecule has 1 fully saturated rings. The molecule has 1 heterocycles. The van der Waals surface area contributed by atoms with E-state index in [0.717, 1.165) is 30.6 Å². The van der Waals surface area contributed by atoms with Gasteiger partial charge in [-0.05, 0) is 30.5 Å². The summed E-state index contributed by atoms with van der Waals surface area (Å²) < 4.78 is 88.2. The molecule has 0 unspecified atom stereocenters. The Bertz CT molecular complexity index is 1080. The van der Waals surface area contributed by atoms with Gasteiger partial charge in [0, 0.05) is 11.9 Å². The standard InChI is InChI=1S/C17H20F3N3O4S3/c18-17(19,20)30(26,27)22-11-16-21-10-15(28-16)12-6-8-13(9-7-12)23-29(24,25)14-4-2-1-3-5-14/h6-10,14,22-23H,1-5,11H2. The molecule has 0 amide bonds. The molecule has 0 saturated heterocycles. The van der Waals surface area contributed by atoms with Crippen molar-refractivity contribution in [1.82, 2.24) is 9.71 Å². The van der Waals surface area contributed by atoms with Gasteiger partial charge < -0.3 is 0 Å². The summed E-state index contributed by atoms with van der Waals surface area (Å²) in [6.07, 6.45) is 5.57. The van der Waals surface area contributed by atoms with Crippen LogP contribution in [0.15, 0.2) is 30.5 Å². The summed E-state index contributed by atoms with van der Waals surface area (Å²) in [5.41, 5.74) is -4.28. The SMILES string of the molecule is O=S(=O)(Nc1ccc(-c2cnc(CNS(=O)(=O)C(F)(F)F)s2)cc1)C1CCCCC1. The molecule has 2 N–H and O–H groups in total. The van der Waals surface area contributed by atoms with E-state index in [1.807, 2.05) is 0 Å². The van der Waals surface area contributed by atoms with Gasteiger partial charge >= 0.3 is 15.5 Å². The number of anilines is 1. The Labute approximate surface area is 176 Å². The lowest BCUT2D eigenvalue weighted by Crippen LogP contribution is -2.35. The van der Waals surface area contributed by atoms with Crippen LogP contribution in [0.1, 0.15) is 37.1 Å². The molecule has 13 heteroatoms. The van der Waals surface area contributed by atoms with Crippen LogP contribution in [0.2, 0.25) is 0 Å².